The molecule has 20 heavy (non-hydrogen) atoms. The van der Waals surface area contributed by atoms with Crippen molar-refractivity contribution in [1.29, 1.82) is 0 Å². The number of nitrogens with one attached hydrogen (secondary N) is 2. The highest BCUT2D eigenvalue weighted by molar-refractivity contribution is 5.96. The summed E-state index contributed by atoms with van der Waals surface area (Å²) in [7, 11) is 1.27. The van der Waals surface area contributed by atoms with Crippen molar-refractivity contribution in [1.82, 2.24) is 5.32 Å². The fourth-order valence-corrected chi connectivity index (χ4v) is 1.38. The van der Waals surface area contributed by atoms with E-state index in [4.69, 9.17) is 0 Å². The molecule has 0 aliphatic carbocycles. The summed E-state index contributed by atoms with van der Waals surface area (Å²) in [4.78, 5) is 33.9. The average Bonchev–Trinajstić information content (AvgIpc) is 2.45. The maximum absolute atomic E-state index is 11.6. The van der Waals surface area contributed by atoms with Gasteiger partial charge in [-0.05, 0) is 25.1 Å². The van der Waals surface area contributed by atoms with Crippen molar-refractivity contribution in [2.45, 2.75) is 6.92 Å². The maximum atomic E-state index is 11.6. The summed E-state index contributed by atoms with van der Waals surface area (Å²) in [6.07, 6.45) is -0.661. The molecule has 7 heteroatoms. The maximum Gasteiger partial charge on any atom is 0.407 e. The molecule has 2 amide bonds. The average molecular weight is 280 g/mol. The number of hydrogen-bond acceptors (Lipinski definition) is 5. The number of carbonyl (C=O) groups is 3. The number of carbonyl (C=O) groups excluding carboxylic acids is 3. The van der Waals surface area contributed by atoms with Crippen LogP contribution in [-0.2, 0) is 14.3 Å². The molecule has 2 N–H and O–H groups in total. The van der Waals surface area contributed by atoms with Crippen molar-refractivity contribution < 1.29 is 23.9 Å². The molecule has 1 aromatic rings. The SMILES string of the molecule is CCOC(=O)NCC(=O)Nc1cccc(C(=O)OC)c1. The molecule has 1 rings (SSSR count). The summed E-state index contributed by atoms with van der Waals surface area (Å²) in [5, 5.41) is 4.83. The number of alkyl carbamates (subject to hydrolysis) is 1. The number of benzene rings is 1. The van der Waals surface area contributed by atoms with Gasteiger partial charge < -0.3 is 20.1 Å². The number of methoxy groups -OCH3 is 1. The summed E-state index contributed by atoms with van der Waals surface area (Å²) in [6, 6.07) is 6.28. The van der Waals surface area contributed by atoms with Crippen molar-refractivity contribution in [2.75, 3.05) is 25.6 Å². The summed E-state index contributed by atoms with van der Waals surface area (Å²) in [5.74, 6) is -0.925. The van der Waals surface area contributed by atoms with E-state index in [1.165, 1.54) is 13.2 Å². The first-order valence-corrected chi connectivity index (χ1v) is 5.95. The Balaban J connectivity index is 2.53. The molecule has 0 saturated heterocycles. The predicted octanol–water partition coefficient (Wildman–Crippen LogP) is 1.16. The van der Waals surface area contributed by atoms with E-state index in [9.17, 15) is 14.4 Å². The molecule has 108 valence electrons. The molecule has 0 aliphatic rings. The van der Waals surface area contributed by atoms with E-state index >= 15 is 0 Å². The first kappa shape index (κ1) is 15.5. The lowest BCUT2D eigenvalue weighted by Crippen LogP contribution is -2.33. The van der Waals surface area contributed by atoms with Crippen molar-refractivity contribution >= 4 is 23.7 Å². The Morgan fingerprint density at radius 2 is 2.00 bits per heavy atom. The minimum atomic E-state index is -0.661. The number of rotatable bonds is 5. The van der Waals surface area contributed by atoms with Gasteiger partial charge in [0.25, 0.3) is 0 Å². The van der Waals surface area contributed by atoms with Crippen molar-refractivity contribution in [2.24, 2.45) is 0 Å². The van der Waals surface area contributed by atoms with E-state index in [0.717, 1.165) is 0 Å². The van der Waals surface area contributed by atoms with Gasteiger partial charge in [0.2, 0.25) is 5.91 Å². The van der Waals surface area contributed by atoms with E-state index in [2.05, 4.69) is 20.1 Å². The van der Waals surface area contributed by atoms with E-state index in [-0.39, 0.29) is 13.2 Å². The minimum absolute atomic E-state index is 0.221. The summed E-state index contributed by atoms with van der Waals surface area (Å²) < 4.78 is 9.19. The normalized spacial score (nSPS) is 9.50. The Labute approximate surface area is 116 Å². The van der Waals surface area contributed by atoms with Crippen LogP contribution in [0.5, 0.6) is 0 Å². The molecule has 0 aliphatic heterocycles. The molecular formula is C13H16N2O5. The third-order valence-corrected chi connectivity index (χ3v) is 2.24. The van der Waals surface area contributed by atoms with Gasteiger partial charge in [-0.1, -0.05) is 6.07 Å². The molecule has 0 atom stereocenters. The zero-order valence-electron chi connectivity index (χ0n) is 11.3. The van der Waals surface area contributed by atoms with Crippen LogP contribution in [0.4, 0.5) is 10.5 Å². The number of anilines is 1. The highest BCUT2D eigenvalue weighted by Crippen LogP contribution is 2.11. The van der Waals surface area contributed by atoms with Crippen LogP contribution >= 0.6 is 0 Å². The summed E-state index contributed by atoms with van der Waals surface area (Å²) in [6.45, 7) is 1.67. The van der Waals surface area contributed by atoms with E-state index in [1.54, 1.807) is 25.1 Å². The fraction of sp³-hybridized carbons (Fsp3) is 0.308. The molecule has 0 fully saturated rings. The largest absolute Gasteiger partial charge is 0.465 e. The number of hydrogen-bond donors (Lipinski definition) is 2. The van der Waals surface area contributed by atoms with Gasteiger partial charge in [0.05, 0.1) is 19.3 Å². The number of amides is 2. The number of ether oxygens (including phenoxy) is 2. The zero-order chi connectivity index (χ0) is 15.0. The second-order valence-electron chi connectivity index (χ2n) is 3.69. The Morgan fingerprint density at radius 3 is 2.65 bits per heavy atom. The highest BCUT2D eigenvalue weighted by Gasteiger charge is 2.09. The van der Waals surface area contributed by atoms with Crippen molar-refractivity contribution in [3.05, 3.63) is 29.8 Å². The Kier molecular flexibility index (Phi) is 6.02. The van der Waals surface area contributed by atoms with Crippen LogP contribution in [0, 0.1) is 0 Å². The minimum Gasteiger partial charge on any atom is -0.465 e. The van der Waals surface area contributed by atoms with E-state index < -0.39 is 18.0 Å². The quantitative estimate of drug-likeness (QED) is 0.789. The Morgan fingerprint density at radius 1 is 1.25 bits per heavy atom. The van der Waals surface area contributed by atoms with Crippen LogP contribution < -0.4 is 10.6 Å². The van der Waals surface area contributed by atoms with Crippen LogP contribution in [-0.4, -0.2) is 38.2 Å². The van der Waals surface area contributed by atoms with Gasteiger partial charge in [-0.15, -0.1) is 0 Å². The lowest BCUT2D eigenvalue weighted by Gasteiger charge is -2.08. The standard InChI is InChI=1S/C13H16N2O5/c1-3-20-13(18)14-8-11(16)15-10-6-4-5-9(7-10)12(17)19-2/h4-7H,3,8H2,1-2H3,(H,14,18)(H,15,16). The molecule has 0 bridgehead atoms. The second-order valence-corrected chi connectivity index (χ2v) is 3.69. The molecule has 0 spiro atoms. The second kappa shape index (κ2) is 7.78. The molecule has 1 aromatic carbocycles. The Hall–Kier alpha value is -2.57. The molecule has 7 nitrogen and oxygen atoms in total. The smallest absolute Gasteiger partial charge is 0.407 e. The predicted molar refractivity (Wildman–Crippen MR) is 71.4 cm³/mol. The van der Waals surface area contributed by atoms with Crippen LogP contribution in [0.3, 0.4) is 0 Å². The van der Waals surface area contributed by atoms with Crippen molar-refractivity contribution in [3.63, 3.8) is 0 Å². The lowest BCUT2D eigenvalue weighted by atomic mass is 10.2. The third kappa shape index (κ3) is 4.97. The van der Waals surface area contributed by atoms with Gasteiger partial charge in [-0.3, -0.25) is 4.79 Å². The number of esters is 1. The van der Waals surface area contributed by atoms with Crippen LogP contribution in [0.25, 0.3) is 0 Å². The fourth-order valence-electron chi connectivity index (χ4n) is 1.38. The topological polar surface area (TPSA) is 93.7 Å². The summed E-state index contributed by atoms with van der Waals surface area (Å²) in [5.41, 5.74) is 0.757. The first-order chi connectivity index (χ1) is 9.56. The van der Waals surface area contributed by atoms with Gasteiger partial charge in [0.1, 0.15) is 6.54 Å². The molecule has 0 saturated carbocycles. The monoisotopic (exact) mass is 280 g/mol. The van der Waals surface area contributed by atoms with Gasteiger partial charge in [-0.25, -0.2) is 9.59 Å². The van der Waals surface area contributed by atoms with E-state index in [0.29, 0.717) is 11.3 Å². The van der Waals surface area contributed by atoms with Gasteiger partial charge in [0, 0.05) is 5.69 Å². The van der Waals surface area contributed by atoms with Crippen LogP contribution in [0.15, 0.2) is 24.3 Å². The van der Waals surface area contributed by atoms with E-state index in [1.807, 2.05) is 0 Å². The molecule has 0 aromatic heterocycles. The first-order valence-electron chi connectivity index (χ1n) is 5.95. The van der Waals surface area contributed by atoms with Gasteiger partial charge in [-0.2, -0.15) is 0 Å². The molecule has 0 radical (unpaired) electrons. The third-order valence-electron chi connectivity index (χ3n) is 2.24. The Bertz CT molecular complexity index is 501. The molecule has 0 unspecified atom stereocenters. The zero-order valence-corrected chi connectivity index (χ0v) is 11.3. The van der Waals surface area contributed by atoms with Crippen molar-refractivity contribution in [3.8, 4) is 0 Å². The van der Waals surface area contributed by atoms with Gasteiger partial charge in [0.15, 0.2) is 0 Å². The molecule has 0 heterocycles. The van der Waals surface area contributed by atoms with Crippen LogP contribution in [0.1, 0.15) is 17.3 Å². The van der Waals surface area contributed by atoms with Crippen LogP contribution in [0.2, 0.25) is 0 Å². The van der Waals surface area contributed by atoms with Gasteiger partial charge >= 0.3 is 12.1 Å². The lowest BCUT2D eigenvalue weighted by molar-refractivity contribution is -0.115. The molecular weight excluding hydrogens is 264 g/mol. The summed E-state index contributed by atoms with van der Waals surface area (Å²) >= 11 is 0. The highest BCUT2D eigenvalue weighted by atomic mass is 16.5.